The molecule has 1 saturated heterocycles. The predicted molar refractivity (Wildman–Crippen MR) is 83.3 cm³/mol. The fraction of sp³-hybridized carbons (Fsp3) is 0.333. The molecule has 2 aromatic rings. The highest BCUT2D eigenvalue weighted by Crippen LogP contribution is 2.26. The highest BCUT2D eigenvalue weighted by molar-refractivity contribution is 6.30. The number of aryl methyl sites for hydroxylation is 1. The average molecular weight is 341 g/mol. The Morgan fingerprint density at radius 2 is 2.26 bits per heavy atom. The van der Waals surface area contributed by atoms with E-state index in [0.29, 0.717) is 10.8 Å². The lowest BCUT2D eigenvalue weighted by Crippen LogP contribution is -2.35. The molecule has 1 aromatic carbocycles. The summed E-state index contributed by atoms with van der Waals surface area (Å²) in [7, 11) is 0. The zero-order chi connectivity index (χ0) is 16.6. The number of nitrogens with zero attached hydrogens (tertiary/aromatic N) is 2. The largest absolute Gasteiger partial charge is 0.308 e. The lowest BCUT2D eigenvalue weighted by Gasteiger charge is -2.09. The first-order valence-electron chi connectivity index (χ1n) is 7.09. The van der Waals surface area contributed by atoms with Crippen molar-refractivity contribution in [2.24, 2.45) is 0 Å². The van der Waals surface area contributed by atoms with Gasteiger partial charge in [-0.3, -0.25) is 10.1 Å². The Balaban J connectivity index is 1.75. The van der Waals surface area contributed by atoms with Crippen LogP contribution < -0.4 is 10.6 Å². The number of carbonyl (C=O) groups is 1. The Morgan fingerprint density at radius 1 is 1.48 bits per heavy atom. The van der Waals surface area contributed by atoms with Gasteiger partial charge in [-0.1, -0.05) is 17.7 Å². The fourth-order valence-electron chi connectivity index (χ4n) is 2.52. The van der Waals surface area contributed by atoms with Crippen molar-refractivity contribution in [1.82, 2.24) is 15.1 Å². The van der Waals surface area contributed by atoms with E-state index in [1.54, 1.807) is 28.9 Å². The Morgan fingerprint density at radius 3 is 2.91 bits per heavy atom. The molecule has 122 valence electrons. The smallest absolute Gasteiger partial charge is 0.262 e. The van der Waals surface area contributed by atoms with Crippen LogP contribution in [0.1, 0.15) is 12.1 Å². The number of alkyl halides is 2. The summed E-state index contributed by atoms with van der Waals surface area (Å²) >= 11 is 5.96. The van der Waals surface area contributed by atoms with Gasteiger partial charge in [-0.15, -0.1) is 5.10 Å². The van der Waals surface area contributed by atoms with E-state index in [2.05, 4.69) is 15.7 Å². The van der Waals surface area contributed by atoms with Gasteiger partial charge in [-0.25, -0.2) is 13.5 Å². The van der Waals surface area contributed by atoms with Crippen molar-refractivity contribution in [3.8, 4) is 5.69 Å². The number of rotatable bonds is 3. The SMILES string of the molecule is Cc1cc(NC(=O)C2CC(F)(F)CN2)nn1-c1cccc(Cl)c1. The molecular formula is C15H15ClF2N4O. The third-order valence-electron chi connectivity index (χ3n) is 3.62. The second-order valence-electron chi connectivity index (χ2n) is 5.55. The minimum Gasteiger partial charge on any atom is -0.308 e. The van der Waals surface area contributed by atoms with Crippen LogP contribution in [0.5, 0.6) is 0 Å². The topological polar surface area (TPSA) is 59.0 Å². The summed E-state index contributed by atoms with van der Waals surface area (Å²) in [6, 6.07) is 7.87. The van der Waals surface area contributed by atoms with Crippen molar-refractivity contribution in [2.45, 2.75) is 25.3 Å². The summed E-state index contributed by atoms with van der Waals surface area (Å²) in [6.07, 6.45) is -0.507. The van der Waals surface area contributed by atoms with E-state index in [-0.39, 0.29) is 0 Å². The van der Waals surface area contributed by atoms with E-state index in [9.17, 15) is 13.6 Å². The first-order chi connectivity index (χ1) is 10.8. The molecule has 1 atom stereocenters. The molecule has 1 aliphatic rings. The van der Waals surface area contributed by atoms with Crippen LogP contribution in [-0.2, 0) is 4.79 Å². The summed E-state index contributed by atoms with van der Waals surface area (Å²) in [6.45, 7) is 1.34. The molecule has 1 unspecified atom stereocenters. The molecule has 0 radical (unpaired) electrons. The molecule has 1 aromatic heterocycles. The van der Waals surface area contributed by atoms with E-state index < -0.39 is 30.8 Å². The molecule has 0 spiro atoms. The summed E-state index contributed by atoms with van der Waals surface area (Å²) in [5.41, 5.74) is 1.54. The minimum absolute atomic E-state index is 0.310. The van der Waals surface area contributed by atoms with Gasteiger partial charge in [-0.2, -0.15) is 0 Å². The molecule has 5 nitrogen and oxygen atoms in total. The number of aromatic nitrogens is 2. The van der Waals surface area contributed by atoms with Crippen molar-refractivity contribution in [1.29, 1.82) is 0 Å². The number of hydrogen-bond donors (Lipinski definition) is 2. The highest BCUT2D eigenvalue weighted by atomic mass is 35.5. The van der Waals surface area contributed by atoms with Crippen molar-refractivity contribution in [3.05, 3.63) is 41.0 Å². The lowest BCUT2D eigenvalue weighted by molar-refractivity contribution is -0.118. The Bertz CT molecular complexity index is 747. The van der Waals surface area contributed by atoms with Crippen LogP contribution in [0.25, 0.3) is 5.69 Å². The number of halogens is 3. The van der Waals surface area contributed by atoms with Crippen LogP contribution in [0, 0.1) is 6.92 Å². The number of hydrogen-bond acceptors (Lipinski definition) is 3. The van der Waals surface area contributed by atoms with Gasteiger partial charge in [0.25, 0.3) is 5.92 Å². The highest BCUT2D eigenvalue weighted by Gasteiger charge is 2.42. The molecule has 1 amide bonds. The van der Waals surface area contributed by atoms with Crippen molar-refractivity contribution >= 4 is 23.3 Å². The second-order valence-corrected chi connectivity index (χ2v) is 5.98. The van der Waals surface area contributed by atoms with Crippen LogP contribution >= 0.6 is 11.6 Å². The van der Waals surface area contributed by atoms with E-state index in [0.717, 1.165) is 11.4 Å². The van der Waals surface area contributed by atoms with E-state index in [1.165, 1.54) is 0 Å². The molecular weight excluding hydrogens is 326 g/mol. The number of amides is 1. The van der Waals surface area contributed by atoms with Crippen LogP contribution in [0.3, 0.4) is 0 Å². The zero-order valence-electron chi connectivity index (χ0n) is 12.3. The molecule has 8 heteroatoms. The third kappa shape index (κ3) is 3.51. The number of carbonyl (C=O) groups excluding carboxylic acids is 1. The fourth-order valence-corrected chi connectivity index (χ4v) is 2.70. The quantitative estimate of drug-likeness (QED) is 0.903. The molecule has 2 heterocycles. The van der Waals surface area contributed by atoms with Gasteiger partial charge in [0.15, 0.2) is 5.82 Å². The predicted octanol–water partition coefficient (Wildman–Crippen LogP) is 2.77. The first-order valence-corrected chi connectivity index (χ1v) is 7.46. The maximum Gasteiger partial charge on any atom is 0.262 e. The molecule has 2 N–H and O–H groups in total. The van der Waals surface area contributed by atoms with Crippen LogP contribution in [0.15, 0.2) is 30.3 Å². The van der Waals surface area contributed by atoms with E-state index in [4.69, 9.17) is 11.6 Å². The first kappa shape index (κ1) is 15.9. The Hall–Kier alpha value is -1.99. The Kier molecular flexibility index (Phi) is 4.08. The third-order valence-corrected chi connectivity index (χ3v) is 3.85. The van der Waals surface area contributed by atoms with Crippen molar-refractivity contribution in [2.75, 3.05) is 11.9 Å². The summed E-state index contributed by atoms with van der Waals surface area (Å²) in [5.74, 6) is -3.06. The van der Waals surface area contributed by atoms with E-state index >= 15 is 0 Å². The normalized spacial score (nSPS) is 19.7. The minimum atomic E-state index is -2.85. The van der Waals surface area contributed by atoms with Crippen LogP contribution in [0.4, 0.5) is 14.6 Å². The zero-order valence-corrected chi connectivity index (χ0v) is 13.1. The maximum atomic E-state index is 13.1. The van der Waals surface area contributed by atoms with Gasteiger partial charge in [-0.05, 0) is 25.1 Å². The molecule has 3 rings (SSSR count). The summed E-state index contributed by atoms with van der Waals surface area (Å²) in [5, 5.41) is 9.93. The molecule has 0 saturated carbocycles. The van der Waals surface area contributed by atoms with Crippen molar-refractivity contribution in [3.63, 3.8) is 0 Å². The molecule has 23 heavy (non-hydrogen) atoms. The molecule has 0 bridgehead atoms. The summed E-state index contributed by atoms with van der Waals surface area (Å²) in [4.78, 5) is 12.0. The Labute approximate surface area is 136 Å². The van der Waals surface area contributed by atoms with Crippen molar-refractivity contribution < 1.29 is 13.6 Å². The van der Waals surface area contributed by atoms with Gasteiger partial charge in [0.1, 0.15) is 0 Å². The molecule has 1 aliphatic heterocycles. The van der Waals surface area contributed by atoms with Gasteiger partial charge in [0, 0.05) is 23.2 Å². The molecule has 0 aliphatic carbocycles. The average Bonchev–Trinajstić information content (AvgIpc) is 3.01. The van der Waals surface area contributed by atoms with Crippen LogP contribution in [0.2, 0.25) is 5.02 Å². The van der Waals surface area contributed by atoms with Gasteiger partial charge in [0.05, 0.1) is 18.3 Å². The number of nitrogens with one attached hydrogen (secondary N) is 2. The lowest BCUT2D eigenvalue weighted by atomic mass is 10.2. The maximum absolute atomic E-state index is 13.1. The van der Waals surface area contributed by atoms with E-state index in [1.807, 2.05) is 13.0 Å². The standard InChI is InChI=1S/C15H15ClF2N4O/c1-9-5-13(20-14(23)12-7-15(17,18)8-19-12)21-22(9)11-4-2-3-10(16)6-11/h2-6,12,19H,7-8H2,1H3,(H,20,21,23). The monoisotopic (exact) mass is 340 g/mol. The number of anilines is 1. The van der Waals surface area contributed by atoms with Gasteiger partial charge < -0.3 is 5.32 Å². The van der Waals surface area contributed by atoms with Gasteiger partial charge >= 0.3 is 0 Å². The number of benzene rings is 1. The van der Waals surface area contributed by atoms with Crippen LogP contribution in [-0.4, -0.2) is 34.2 Å². The van der Waals surface area contributed by atoms with Gasteiger partial charge in [0.2, 0.25) is 5.91 Å². The summed E-state index contributed by atoms with van der Waals surface area (Å²) < 4.78 is 27.9. The second kappa shape index (κ2) is 5.90. The molecule has 1 fully saturated rings.